The molecule has 3 aromatic carbocycles. The van der Waals surface area contributed by atoms with E-state index in [4.69, 9.17) is 4.74 Å². The molecule has 0 unspecified atom stereocenters. The molecular formula is C41H39F2N5O4S. The number of carbonyl (C=O) groups excluding carboxylic acids is 1. The average Bonchev–Trinajstić information content (AvgIpc) is 3.67. The maximum Gasteiger partial charge on any atom is 0.410 e. The molecule has 0 bridgehead atoms. The van der Waals surface area contributed by atoms with Gasteiger partial charge in [0.25, 0.3) is 10.0 Å². The fourth-order valence-corrected chi connectivity index (χ4v) is 7.83. The first-order chi connectivity index (χ1) is 25.2. The van der Waals surface area contributed by atoms with Crippen molar-refractivity contribution in [2.24, 2.45) is 0 Å². The second-order valence-corrected chi connectivity index (χ2v) is 16.1. The van der Waals surface area contributed by atoms with Crippen molar-refractivity contribution < 1.29 is 26.7 Å². The van der Waals surface area contributed by atoms with Crippen molar-refractivity contribution in [3.05, 3.63) is 131 Å². The van der Waals surface area contributed by atoms with Crippen molar-refractivity contribution >= 4 is 32.7 Å². The Labute approximate surface area is 307 Å². The summed E-state index contributed by atoms with van der Waals surface area (Å²) in [6, 6.07) is 19.7. The molecule has 0 fully saturated rings. The van der Waals surface area contributed by atoms with Crippen LogP contribution in [-0.2, 0) is 21.3 Å². The van der Waals surface area contributed by atoms with E-state index in [1.807, 2.05) is 58.9 Å². The monoisotopic (exact) mass is 735 g/mol. The van der Waals surface area contributed by atoms with Gasteiger partial charge < -0.3 is 9.64 Å². The normalized spacial score (nSPS) is 13.7. The fourth-order valence-electron chi connectivity index (χ4n) is 6.51. The first-order valence-electron chi connectivity index (χ1n) is 17.3. The third-order valence-electron chi connectivity index (χ3n) is 9.17. The summed E-state index contributed by atoms with van der Waals surface area (Å²) < 4.78 is 66.2. The number of ether oxygens (including phenoxy) is 1. The Morgan fingerprint density at radius 2 is 1.68 bits per heavy atom. The van der Waals surface area contributed by atoms with Crippen molar-refractivity contribution in [3.8, 4) is 22.3 Å². The molecule has 1 aliphatic heterocycles. The molecule has 0 N–H and O–H groups in total. The summed E-state index contributed by atoms with van der Waals surface area (Å²) in [6.07, 6.45) is 6.82. The maximum absolute atomic E-state index is 15.8. The highest BCUT2D eigenvalue weighted by Crippen LogP contribution is 2.37. The summed E-state index contributed by atoms with van der Waals surface area (Å²) in [4.78, 5) is 18.9. The molecule has 53 heavy (non-hydrogen) atoms. The predicted octanol–water partition coefficient (Wildman–Crippen LogP) is 8.77. The number of nitrogens with zero attached hydrogens (tertiary/aromatic N) is 5. The zero-order valence-electron chi connectivity index (χ0n) is 30.1. The summed E-state index contributed by atoms with van der Waals surface area (Å²) in [5, 5.41) is 5.20. The fraction of sp³-hybridized carbons (Fsp3) is 0.244. The molecule has 3 aromatic heterocycles. The largest absolute Gasteiger partial charge is 0.444 e. The first-order valence-corrected chi connectivity index (χ1v) is 18.7. The van der Waals surface area contributed by atoms with Crippen LogP contribution in [0.25, 0.3) is 38.9 Å². The molecule has 0 saturated heterocycles. The number of amides is 1. The summed E-state index contributed by atoms with van der Waals surface area (Å²) in [5.41, 5.74) is 5.54. The van der Waals surface area contributed by atoms with Crippen LogP contribution in [0.15, 0.2) is 102 Å². The topological polar surface area (TPSA) is 99.3 Å². The summed E-state index contributed by atoms with van der Waals surface area (Å²) >= 11 is 0. The smallest absolute Gasteiger partial charge is 0.410 e. The van der Waals surface area contributed by atoms with E-state index in [-0.39, 0.29) is 16.4 Å². The Bertz CT molecular complexity index is 2510. The Morgan fingerprint density at radius 1 is 0.906 bits per heavy atom. The Kier molecular flexibility index (Phi) is 9.27. The van der Waals surface area contributed by atoms with E-state index in [2.05, 4.69) is 10.1 Å². The zero-order chi connectivity index (χ0) is 37.7. The SMILES string of the molecule is Cc1ccc(S(=O)(=O)n2cc(-c3cn(Cc4cccc(F)c4)nc3C)c3cc(-c4ccc(C5=CCN(C(=O)OC(C)(C)C)CC5)c(F)c4)cnc32)cc1. The van der Waals surface area contributed by atoms with E-state index < -0.39 is 27.5 Å². The van der Waals surface area contributed by atoms with Crippen LogP contribution in [0, 0.1) is 25.5 Å². The van der Waals surface area contributed by atoms with Crippen LogP contribution >= 0.6 is 0 Å². The van der Waals surface area contributed by atoms with Gasteiger partial charge in [0.15, 0.2) is 5.65 Å². The highest BCUT2D eigenvalue weighted by atomic mass is 32.2. The molecule has 1 aliphatic rings. The van der Waals surface area contributed by atoms with Gasteiger partial charge >= 0.3 is 6.09 Å². The minimum Gasteiger partial charge on any atom is -0.444 e. The van der Waals surface area contributed by atoms with Crippen molar-refractivity contribution in [2.45, 2.75) is 58.1 Å². The van der Waals surface area contributed by atoms with Gasteiger partial charge in [-0.3, -0.25) is 4.68 Å². The maximum atomic E-state index is 15.8. The van der Waals surface area contributed by atoms with Gasteiger partial charge in [-0.05, 0) is 94.1 Å². The minimum atomic E-state index is -4.06. The van der Waals surface area contributed by atoms with Crippen molar-refractivity contribution in [1.82, 2.24) is 23.6 Å². The third kappa shape index (κ3) is 7.36. The number of carbonyl (C=O) groups is 1. The quantitative estimate of drug-likeness (QED) is 0.163. The molecule has 12 heteroatoms. The Hall–Kier alpha value is -5.62. The van der Waals surface area contributed by atoms with E-state index in [9.17, 15) is 17.6 Å². The number of hydrogen-bond acceptors (Lipinski definition) is 6. The summed E-state index contributed by atoms with van der Waals surface area (Å²) in [6.45, 7) is 10.2. The van der Waals surface area contributed by atoms with Gasteiger partial charge in [0, 0.05) is 59.3 Å². The van der Waals surface area contributed by atoms with Crippen molar-refractivity contribution in [2.75, 3.05) is 13.1 Å². The highest BCUT2D eigenvalue weighted by molar-refractivity contribution is 7.90. The molecule has 0 spiro atoms. The Morgan fingerprint density at radius 3 is 2.36 bits per heavy atom. The predicted molar refractivity (Wildman–Crippen MR) is 201 cm³/mol. The summed E-state index contributed by atoms with van der Waals surface area (Å²) in [7, 11) is -4.06. The van der Waals surface area contributed by atoms with E-state index in [0.29, 0.717) is 65.0 Å². The Balaban J connectivity index is 1.27. The van der Waals surface area contributed by atoms with Crippen LogP contribution in [-0.4, -0.2) is 56.8 Å². The number of fused-ring (bicyclic) bond motifs is 1. The van der Waals surface area contributed by atoms with Gasteiger partial charge in [0.2, 0.25) is 0 Å². The van der Waals surface area contributed by atoms with Crippen LogP contribution in [0.3, 0.4) is 0 Å². The second-order valence-electron chi connectivity index (χ2n) is 14.3. The van der Waals surface area contributed by atoms with Crippen LogP contribution in [0.1, 0.15) is 49.6 Å². The van der Waals surface area contributed by atoms with Gasteiger partial charge in [-0.1, -0.05) is 48.0 Å². The molecule has 0 radical (unpaired) electrons. The van der Waals surface area contributed by atoms with Gasteiger partial charge in [0.1, 0.15) is 17.2 Å². The minimum absolute atomic E-state index is 0.111. The molecule has 9 nitrogen and oxygen atoms in total. The number of pyridine rings is 1. The van der Waals surface area contributed by atoms with E-state index in [1.54, 1.807) is 64.6 Å². The molecule has 7 rings (SSSR count). The number of aromatic nitrogens is 4. The lowest BCUT2D eigenvalue weighted by atomic mass is 9.96. The molecule has 4 heterocycles. The molecule has 272 valence electrons. The van der Waals surface area contributed by atoms with E-state index >= 15 is 4.39 Å². The lowest BCUT2D eigenvalue weighted by Crippen LogP contribution is -2.39. The number of hydrogen-bond donors (Lipinski definition) is 0. The number of rotatable bonds is 7. The molecule has 0 atom stereocenters. The van der Waals surface area contributed by atoms with E-state index in [1.165, 1.54) is 22.2 Å². The molecule has 0 aliphatic carbocycles. The second kappa shape index (κ2) is 13.7. The molecule has 6 aromatic rings. The lowest BCUT2D eigenvalue weighted by Gasteiger charge is -2.29. The average molecular weight is 736 g/mol. The highest BCUT2D eigenvalue weighted by Gasteiger charge is 2.27. The van der Waals surface area contributed by atoms with Gasteiger partial charge in [-0.2, -0.15) is 5.10 Å². The first kappa shape index (κ1) is 35.8. The van der Waals surface area contributed by atoms with Crippen LogP contribution in [0.2, 0.25) is 0 Å². The number of aryl methyl sites for hydroxylation is 2. The van der Waals surface area contributed by atoms with Crippen LogP contribution in [0.5, 0.6) is 0 Å². The van der Waals surface area contributed by atoms with Gasteiger partial charge in [0.05, 0.1) is 17.1 Å². The van der Waals surface area contributed by atoms with Crippen LogP contribution in [0.4, 0.5) is 13.6 Å². The molecule has 0 saturated carbocycles. The molecular weight excluding hydrogens is 697 g/mol. The third-order valence-corrected chi connectivity index (χ3v) is 10.8. The van der Waals surface area contributed by atoms with Crippen LogP contribution < -0.4 is 0 Å². The number of halogens is 2. The zero-order valence-corrected chi connectivity index (χ0v) is 30.9. The summed E-state index contributed by atoms with van der Waals surface area (Å²) in [5.74, 6) is -0.770. The number of benzene rings is 3. The van der Waals surface area contributed by atoms with Gasteiger partial charge in [-0.25, -0.2) is 30.9 Å². The molecule has 1 amide bonds. The van der Waals surface area contributed by atoms with Gasteiger partial charge in [-0.15, -0.1) is 0 Å². The van der Waals surface area contributed by atoms with Crippen molar-refractivity contribution in [1.29, 1.82) is 0 Å². The van der Waals surface area contributed by atoms with E-state index in [0.717, 1.165) is 16.7 Å². The lowest BCUT2D eigenvalue weighted by molar-refractivity contribution is 0.0270. The van der Waals surface area contributed by atoms with Crippen molar-refractivity contribution in [3.63, 3.8) is 0 Å². The standard InChI is InChI=1S/C41H39F2N5O4S/c1-26-9-12-33(13-10-26)53(50,51)48-25-37(36-24-47(45-27(36)2)23-28-7-6-8-32(42)19-28)35-20-31(22-44-39(35)48)30-11-14-34(38(43)21-30)29-15-17-46(18-16-29)40(49)52-41(3,4)5/h6-15,19-22,24-25H,16-18,23H2,1-5H3.